The molecule has 5 rings (SSSR count). The number of nitrogens with zero attached hydrogens (tertiary/aromatic N) is 2. The molecule has 1 aromatic rings. The fourth-order valence-electron chi connectivity index (χ4n) is 4.72. The molecular formula is C15H21N3O. The molecular weight excluding hydrogens is 238 g/mol. The quantitative estimate of drug-likeness (QED) is 0.841. The van der Waals surface area contributed by atoms with E-state index in [1.165, 1.54) is 32.1 Å². The minimum Gasteiger partial charge on any atom is -0.338 e. The van der Waals surface area contributed by atoms with Gasteiger partial charge >= 0.3 is 0 Å². The first-order valence-electron chi connectivity index (χ1n) is 7.51. The zero-order chi connectivity index (χ0) is 13.0. The van der Waals surface area contributed by atoms with Crippen molar-refractivity contribution in [1.82, 2.24) is 14.9 Å². The van der Waals surface area contributed by atoms with Crippen molar-refractivity contribution in [2.24, 2.45) is 17.8 Å². The van der Waals surface area contributed by atoms with E-state index in [-0.39, 0.29) is 5.91 Å². The fourth-order valence-corrected chi connectivity index (χ4v) is 4.72. The van der Waals surface area contributed by atoms with Gasteiger partial charge in [0.25, 0.3) is 5.91 Å². The van der Waals surface area contributed by atoms with Crippen LogP contribution in [0.2, 0.25) is 0 Å². The maximum atomic E-state index is 12.7. The van der Waals surface area contributed by atoms with E-state index in [0.29, 0.717) is 11.7 Å². The number of amides is 1. The summed E-state index contributed by atoms with van der Waals surface area (Å²) in [6, 6.07) is 0.479. The molecule has 1 N–H and O–H groups in total. The Kier molecular flexibility index (Phi) is 2.47. The molecule has 102 valence electrons. The molecule has 0 spiro atoms. The summed E-state index contributed by atoms with van der Waals surface area (Å²) in [5.41, 5.74) is 0.665. The number of hydrogen-bond acceptors (Lipinski definition) is 2. The zero-order valence-electron chi connectivity index (χ0n) is 11.4. The summed E-state index contributed by atoms with van der Waals surface area (Å²) >= 11 is 0. The molecule has 3 heterocycles. The highest BCUT2D eigenvalue weighted by Gasteiger charge is 2.44. The number of H-pyrrole nitrogens is 1. The topological polar surface area (TPSA) is 49.0 Å². The number of aromatic nitrogens is 2. The van der Waals surface area contributed by atoms with E-state index in [0.717, 1.165) is 30.1 Å². The molecule has 0 aromatic carbocycles. The Labute approximate surface area is 113 Å². The highest BCUT2D eigenvalue weighted by molar-refractivity contribution is 5.92. The van der Waals surface area contributed by atoms with E-state index in [9.17, 15) is 4.79 Å². The van der Waals surface area contributed by atoms with Crippen LogP contribution in [0.3, 0.4) is 0 Å². The largest absolute Gasteiger partial charge is 0.338 e. The van der Waals surface area contributed by atoms with Gasteiger partial charge < -0.3 is 9.88 Å². The third-order valence-corrected chi connectivity index (χ3v) is 5.30. The molecule has 2 saturated carbocycles. The van der Waals surface area contributed by atoms with Gasteiger partial charge in [-0.05, 0) is 56.8 Å². The van der Waals surface area contributed by atoms with Crippen LogP contribution in [-0.2, 0) is 0 Å². The number of carbonyl (C=O) groups excluding carboxylic acids is 1. The Morgan fingerprint density at radius 2 is 1.89 bits per heavy atom. The Bertz CT molecular complexity index is 495. The average Bonchev–Trinajstić information content (AvgIpc) is 2.71. The Hall–Kier alpha value is -1.32. The van der Waals surface area contributed by atoms with Crippen LogP contribution in [0.25, 0.3) is 0 Å². The number of rotatable bonds is 1. The number of fused-ring (bicyclic) bond motifs is 1. The molecule has 2 aliphatic heterocycles. The first-order chi connectivity index (χ1) is 9.19. The van der Waals surface area contributed by atoms with Crippen molar-refractivity contribution >= 4 is 5.91 Å². The van der Waals surface area contributed by atoms with E-state index >= 15 is 0 Å². The van der Waals surface area contributed by atoms with Gasteiger partial charge in [-0.25, -0.2) is 4.98 Å². The standard InChI is InChI=1S/C15H21N3O/c1-9-16-7-14(17-9)15(19)18-8-12-3-10-2-11(4-12)6-13(18)5-10/h7,10-13H,2-6,8H2,1H3,(H,16,17). The third kappa shape index (κ3) is 1.88. The number of aromatic amines is 1. The predicted molar refractivity (Wildman–Crippen MR) is 71.7 cm³/mol. The number of aryl methyl sites for hydroxylation is 1. The van der Waals surface area contributed by atoms with Gasteiger partial charge in [0.05, 0.1) is 6.20 Å². The predicted octanol–water partition coefficient (Wildman–Crippen LogP) is 2.37. The second-order valence-corrected chi connectivity index (χ2v) is 6.77. The SMILES string of the molecule is Cc1ncc(C(=O)N2CC3CC4CC(C3)CC2C4)[nH]1. The summed E-state index contributed by atoms with van der Waals surface area (Å²) < 4.78 is 0. The number of nitrogens with one attached hydrogen (secondary N) is 1. The zero-order valence-corrected chi connectivity index (χ0v) is 11.4. The van der Waals surface area contributed by atoms with Gasteiger partial charge in [0, 0.05) is 12.6 Å². The second-order valence-electron chi connectivity index (χ2n) is 6.77. The lowest BCUT2D eigenvalue weighted by Gasteiger charge is -2.38. The fraction of sp³-hybridized carbons (Fsp3) is 0.733. The van der Waals surface area contributed by atoms with Crippen LogP contribution in [0.1, 0.15) is 48.4 Å². The molecule has 1 aromatic heterocycles. The maximum absolute atomic E-state index is 12.7. The lowest BCUT2D eigenvalue weighted by Crippen LogP contribution is -2.42. The summed E-state index contributed by atoms with van der Waals surface area (Å²) in [7, 11) is 0. The number of hydrogen-bond donors (Lipinski definition) is 1. The average molecular weight is 259 g/mol. The van der Waals surface area contributed by atoms with Crippen LogP contribution in [0.4, 0.5) is 0 Å². The number of carbonyl (C=O) groups is 1. The van der Waals surface area contributed by atoms with Crippen molar-refractivity contribution in [2.75, 3.05) is 6.54 Å². The normalized spacial score (nSPS) is 36.6. The van der Waals surface area contributed by atoms with Gasteiger partial charge in [-0.1, -0.05) is 0 Å². The Balaban J connectivity index is 1.62. The summed E-state index contributed by atoms with van der Waals surface area (Å²) in [6.45, 7) is 2.86. The van der Waals surface area contributed by atoms with Crippen LogP contribution in [0.15, 0.2) is 6.20 Å². The van der Waals surface area contributed by atoms with Crippen molar-refractivity contribution in [3.8, 4) is 0 Å². The molecule has 2 unspecified atom stereocenters. The van der Waals surface area contributed by atoms with Crippen LogP contribution < -0.4 is 0 Å². The molecule has 0 radical (unpaired) electrons. The molecule has 4 fully saturated rings. The molecule has 4 aliphatic rings. The molecule has 1 amide bonds. The smallest absolute Gasteiger partial charge is 0.272 e. The molecule has 4 heteroatoms. The monoisotopic (exact) mass is 259 g/mol. The maximum Gasteiger partial charge on any atom is 0.272 e. The first kappa shape index (κ1) is 11.5. The van der Waals surface area contributed by atoms with E-state index in [4.69, 9.17) is 0 Å². The molecule has 2 aliphatic carbocycles. The summed E-state index contributed by atoms with van der Waals surface area (Å²) in [6.07, 6.45) is 8.25. The Morgan fingerprint density at radius 1 is 1.21 bits per heavy atom. The molecule has 4 bridgehead atoms. The molecule has 19 heavy (non-hydrogen) atoms. The molecule has 2 saturated heterocycles. The summed E-state index contributed by atoms with van der Waals surface area (Å²) in [5.74, 6) is 3.49. The van der Waals surface area contributed by atoms with Crippen LogP contribution in [0, 0.1) is 24.7 Å². The van der Waals surface area contributed by atoms with Gasteiger partial charge in [-0.2, -0.15) is 0 Å². The van der Waals surface area contributed by atoms with Crippen LogP contribution in [-0.4, -0.2) is 33.4 Å². The van der Waals surface area contributed by atoms with Crippen molar-refractivity contribution in [3.63, 3.8) is 0 Å². The Morgan fingerprint density at radius 3 is 2.53 bits per heavy atom. The van der Waals surface area contributed by atoms with Crippen molar-refractivity contribution < 1.29 is 4.79 Å². The van der Waals surface area contributed by atoms with E-state index in [1.54, 1.807) is 6.20 Å². The van der Waals surface area contributed by atoms with Crippen LogP contribution in [0.5, 0.6) is 0 Å². The molecule has 4 nitrogen and oxygen atoms in total. The summed E-state index contributed by atoms with van der Waals surface area (Å²) in [5, 5.41) is 0. The number of imidazole rings is 1. The van der Waals surface area contributed by atoms with E-state index in [1.807, 2.05) is 6.92 Å². The lowest BCUT2D eigenvalue weighted by molar-refractivity contribution is 0.0627. The highest BCUT2D eigenvalue weighted by atomic mass is 16.2. The second kappa shape index (κ2) is 4.09. The van der Waals surface area contributed by atoms with Gasteiger partial charge in [0.2, 0.25) is 0 Å². The van der Waals surface area contributed by atoms with Gasteiger partial charge in [-0.3, -0.25) is 4.79 Å². The highest BCUT2D eigenvalue weighted by Crippen LogP contribution is 2.47. The van der Waals surface area contributed by atoms with Gasteiger partial charge in [0.1, 0.15) is 11.5 Å². The van der Waals surface area contributed by atoms with Crippen molar-refractivity contribution in [2.45, 2.75) is 45.1 Å². The van der Waals surface area contributed by atoms with Gasteiger partial charge in [0.15, 0.2) is 0 Å². The third-order valence-electron chi connectivity index (χ3n) is 5.30. The minimum absolute atomic E-state index is 0.166. The summed E-state index contributed by atoms with van der Waals surface area (Å²) in [4.78, 5) is 22.1. The lowest BCUT2D eigenvalue weighted by atomic mass is 9.68. The first-order valence-corrected chi connectivity index (χ1v) is 7.51. The molecule has 2 atom stereocenters. The van der Waals surface area contributed by atoms with Gasteiger partial charge in [-0.15, -0.1) is 0 Å². The van der Waals surface area contributed by atoms with Crippen molar-refractivity contribution in [1.29, 1.82) is 0 Å². The van der Waals surface area contributed by atoms with E-state index < -0.39 is 0 Å². The van der Waals surface area contributed by atoms with Crippen LogP contribution >= 0.6 is 0 Å². The minimum atomic E-state index is 0.166. The van der Waals surface area contributed by atoms with Crippen molar-refractivity contribution in [3.05, 3.63) is 17.7 Å². The van der Waals surface area contributed by atoms with E-state index in [2.05, 4.69) is 14.9 Å².